The number of methoxy groups -OCH3 is 1. The van der Waals surface area contributed by atoms with Gasteiger partial charge in [-0.25, -0.2) is 9.78 Å². The van der Waals surface area contributed by atoms with Crippen LogP contribution in [-0.4, -0.2) is 43.2 Å². The van der Waals surface area contributed by atoms with E-state index >= 15 is 0 Å². The van der Waals surface area contributed by atoms with Gasteiger partial charge in [-0.1, -0.05) is 11.6 Å². The van der Waals surface area contributed by atoms with E-state index in [0.29, 0.717) is 13.2 Å². The summed E-state index contributed by atoms with van der Waals surface area (Å²) >= 11 is 5.87. The number of nitrogens with zero attached hydrogens (tertiary/aromatic N) is 1. The maximum absolute atomic E-state index is 14.3. The van der Waals surface area contributed by atoms with E-state index in [2.05, 4.69) is 9.72 Å². The highest BCUT2D eigenvalue weighted by Gasteiger charge is 2.47. The highest BCUT2D eigenvalue weighted by Crippen LogP contribution is 2.42. The molecule has 1 saturated heterocycles. The fourth-order valence-corrected chi connectivity index (χ4v) is 2.69. The highest BCUT2D eigenvalue weighted by atomic mass is 35.5. The van der Waals surface area contributed by atoms with Gasteiger partial charge in [-0.15, -0.1) is 0 Å². The van der Waals surface area contributed by atoms with Crippen molar-refractivity contribution in [1.29, 1.82) is 0 Å². The average Bonchev–Trinajstić information content (AvgIpc) is 3.38. The molecule has 1 aliphatic carbocycles. The summed E-state index contributed by atoms with van der Waals surface area (Å²) in [7, 11) is 1.19. The lowest BCUT2D eigenvalue weighted by atomic mass is 10.2. The van der Waals surface area contributed by atoms with Crippen LogP contribution in [0.25, 0.3) is 0 Å². The number of rotatable bonds is 6. The van der Waals surface area contributed by atoms with E-state index in [-0.39, 0.29) is 22.8 Å². The first kappa shape index (κ1) is 17.4. The summed E-state index contributed by atoms with van der Waals surface area (Å²) < 4.78 is 35.8. The predicted octanol–water partition coefficient (Wildman–Crippen LogP) is 3.12. The van der Waals surface area contributed by atoms with E-state index < -0.39 is 17.4 Å². The average molecular weight is 360 g/mol. The zero-order valence-corrected chi connectivity index (χ0v) is 14.1. The van der Waals surface area contributed by atoms with Crippen molar-refractivity contribution in [3.8, 4) is 5.88 Å². The SMILES string of the molecule is COC(=O)c1cnc(OC2(COC3CCCCO3)CC2)c(F)c1Cl. The van der Waals surface area contributed by atoms with Gasteiger partial charge < -0.3 is 18.9 Å². The molecule has 1 atom stereocenters. The predicted molar refractivity (Wildman–Crippen MR) is 82.7 cm³/mol. The van der Waals surface area contributed by atoms with Crippen LogP contribution < -0.4 is 4.74 Å². The summed E-state index contributed by atoms with van der Waals surface area (Å²) in [5.41, 5.74) is -0.745. The number of carbonyl (C=O) groups excluding carboxylic acids is 1. The van der Waals surface area contributed by atoms with E-state index in [0.717, 1.165) is 38.3 Å². The van der Waals surface area contributed by atoms with Crippen molar-refractivity contribution in [2.45, 2.75) is 44.0 Å². The summed E-state index contributed by atoms with van der Waals surface area (Å²) in [5, 5.41) is -0.362. The zero-order chi connectivity index (χ0) is 17.2. The molecular formula is C16H19ClFNO5. The van der Waals surface area contributed by atoms with Gasteiger partial charge in [0.1, 0.15) is 5.60 Å². The molecule has 24 heavy (non-hydrogen) atoms. The van der Waals surface area contributed by atoms with Gasteiger partial charge in [-0.3, -0.25) is 0 Å². The van der Waals surface area contributed by atoms with Gasteiger partial charge in [-0.2, -0.15) is 4.39 Å². The van der Waals surface area contributed by atoms with Crippen LogP contribution in [0.15, 0.2) is 6.20 Å². The number of hydrogen-bond acceptors (Lipinski definition) is 6. The van der Waals surface area contributed by atoms with Crippen molar-refractivity contribution in [3.63, 3.8) is 0 Å². The van der Waals surface area contributed by atoms with Crippen LogP contribution in [0.4, 0.5) is 4.39 Å². The van der Waals surface area contributed by atoms with Gasteiger partial charge in [0.05, 0.1) is 24.3 Å². The molecule has 2 heterocycles. The maximum atomic E-state index is 14.3. The van der Waals surface area contributed by atoms with Crippen molar-refractivity contribution in [3.05, 3.63) is 22.6 Å². The molecule has 2 aliphatic rings. The molecule has 3 rings (SSSR count). The minimum atomic E-state index is -0.875. The van der Waals surface area contributed by atoms with Crippen LogP contribution in [-0.2, 0) is 14.2 Å². The Morgan fingerprint density at radius 3 is 2.92 bits per heavy atom. The Morgan fingerprint density at radius 2 is 2.29 bits per heavy atom. The number of esters is 1. The molecular weight excluding hydrogens is 341 g/mol. The number of halogens is 2. The molecule has 1 saturated carbocycles. The van der Waals surface area contributed by atoms with Crippen LogP contribution in [0.2, 0.25) is 5.02 Å². The zero-order valence-electron chi connectivity index (χ0n) is 13.3. The summed E-state index contributed by atoms with van der Waals surface area (Å²) in [6, 6.07) is 0. The smallest absolute Gasteiger partial charge is 0.341 e. The van der Waals surface area contributed by atoms with Gasteiger partial charge in [-0.05, 0) is 32.1 Å². The number of pyridine rings is 1. The fraction of sp³-hybridized carbons (Fsp3) is 0.625. The van der Waals surface area contributed by atoms with Crippen LogP contribution >= 0.6 is 11.6 Å². The normalized spacial score (nSPS) is 22.0. The molecule has 1 aromatic heterocycles. The van der Waals surface area contributed by atoms with Crippen LogP contribution in [0.5, 0.6) is 5.88 Å². The number of aromatic nitrogens is 1. The molecule has 1 aliphatic heterocycles. The van der Waals surface area contributed by atoms with Gasteiger partial charge >= 0.3 is 5.97 Å². The van der Waals surface area contributed by atoms with E-state index in [9.17, 15) is 9.18 Å². The molecule has 0 aromatic carbocycles. The highest BCUT2D eigenvalue weighted by molar-refractivity contribution is 6.33. The van der Waals surface area contributed by atoms with Crippen molar-refractivity contribution in [1.82, 2.24) is 4.98 Å². The first-order valence-corrected chi connectivity index (χ1v) is 8.27. The van der Waals surface area contributed by atoms with Gasteiger partial charge in [0.25, 0.3) is 5.88 Å². The summed E-state index contributed by atoms with van der Waals surface area (Å²) in [6.45, 7) is 0.995. The third-order valence-electron chi connectivity index (χ3n) is 4.12. The second-order valence-electron chi connectivity index (χ2n) is 5.99. The first-order valence-electron chi connectivity index (χ1n) is 7.89. The lowest BCUT2D eigenvalue weighted by Gasteiger charge is -2.25. The molecule has 2 fully saturated rings. The molecule has 6 nitrogen and oxygen atoms in total. The Morgan fingerprint density at radius 1 is 1.50 bits per heavy atom. The quantitative estimate of drug-likeness (QED) is 0.727. The van der Waals surface area contributed by atoms with E-state index in [4.69, 9.17) is 25.8 Å². The Balaban J connectivity index is 1.64. The third kappa shape index (κ3) is 3.79. The largest absolute Gasteiger partial charge is 0.466 e. The topological polar surface area (TPSA) is 66.9 Å². The van der Waals surface area contributed by atoms with Gasteiger partial charge in [0.2, 0.25) is 5.82 Å². The molecule has 8 heteroatoms. The molecule has 0 spiro atoms. The molecule has 0 amide bonds. The second kappa shape index (κ2) is 7.21. The fourth-order valence-electron chi connectivity index (χ4n) is 2.48. The maximum Gasteiger partial charge on any atom is 0.341 e. The van der Waals surface area contributed by atoms with Crippen LogP contribution in [0.3, 0.4) is 0 Å². The third-order valence-corrected chi connectivity index (χ3v) is 4.49. The molecule has 0 N–H and O–H groups in total. The second-order valence-corrected chi connectivity index (χ2v) is 6.37. The molecule has 0 radical (unpaired) electrons. The summed E-state index contributed by atoms with van der Waals surface area (Å²) in [6.07, 6.45) is 5.34. The Bertz CT molecular complexity index is 617. The van der Waals surface area contributed by atoms with E-state index in [1.54, 1.807) is 0 Å². The molecule has 1 aromatic rings. The van der Waals surface area contributed by atoms with Crippen molar-refractivity contribution < 1.29 is 28.1 Å². The van der Waals surface area contributed by atoms with Crippen molar-refractivity contribution in [2.24, 2.45) is 0 Å². The lowest BCUT2D eigenvalue weighted by Crippen LogP contribution is -2.31. The molecule has 132 valence electrons. The molecule has 0 bridgehead atoms. The minimum absolute atomic E-state index is 0.138. The van der Waals surface area contributed by atoms with Gasteiger partial charge in [0.15, 0.2) is 6.29 Å². The Kier molecular flexibility index (Phi) is 5.22. The van der Waals surface area contributed by atoms with Crippen LogP contribution in [0, 0.1) is 5.82 Å². The molecule has 1 unspecified atom stereocenters. The monoisotopic (exact) mass is 359 g/mol. The minimum Gasteiger partial charge on any atom is -0.466 e. The first-order chi connectivity index (χ1) is 11.5. The van der Waals surface area contributed by atoms with Crippen LogP contribution in [0.1, 0.15) is 42.5 Å². The van der Waals surface area contributed by atoms with E-state index in [1.807, 2.05) is 0 Å². The van der Waals surface area contributed by atoms with Crippen molar-refractivity contribution in [2.75, 3.05) is 20.3 Å². The summed E-state index contributed by atoms with van der Waals surface area (Å²) in [4.78, 5) is 15.3. The van der Waals surface area contributed by atoms with Crippen molar-refractivity contribution >= 4 is 17.6 Å². The number of ether oxygens (including phenoxy) is 4. The van der Waals surface area contributed by atoms with E-state index in [1.165, 1.54) is 7.11 Å². The lowest BCUT2D eigenvalue weighted by molar-refractivity contribution is -0.176. The Hall–Kier alpha value is -1.44. The number of carbonyl (C=O) groups is 1. The van der Waals surface area contributed by atoms with Gasteiger partial charge in [0, 0.05) is 12.8 Å². The number of hydrogen-bond donors (Lipinski definition) is 0. The standard InChI is InChI=1S/C16H19ClFNO5/c1-21-15(20)10-8-19-14(13(18)12(10)17)24-16(5-6-16)9-23-11-4-2-3-7-22-11/h8,11H,2-7,9H2,1H3. The summed E-state index contributed by atoms with van der Waals surface area (Å²) in [5.74, 6) is -1.87. The Labute approximate surface area is 144 Å².